The summed E-state index contributed by atoms with van der Waals surface area (Å²) in [4.78, 5) is 34.7. The van der Waals surface area contributed by atoms with Gasteiger partial charge in [0.25, 0.3) is 5.56 Å². The highest BCUT2D eigenvalue weighted by Crippen LogP contribution is 2.10. The number of carbonyl (C=O) groups excluding carboxylic acids is 1. The van der Waals surface area contributed by atoms with Gasteiger partial charge in [-0.3, -0.25) is 14.6 Å². The second-order valence-corrected chi connectivity index (χ2v) is 6.11. The quantitative estimate of drug-likeness (QED) is 0.341. The van der Waals surface area contributed by atoms with Gasteiger partial charge in [-0.15, -0.1) is 0 Å². The van der Waals surface area contributed by atoms with Crippen LogP contribution in [0.4, 0.5) is 0 Å². The zero-order valence-corrected chi connectivity index (χ0v) is 14.7. The van der Waals surface area contributed by atoms with Crippen molar-refractivity contribution in [3.8, 4) is 0 Å². The summed E-state index contributed by atoms with van der Waals surface area (Å²) in [6.07, 6.45) is 7.47. The first-order chi connectivity index (χ1) is 11.6. The van der Waals surface area contributed by atoms with Crippen molar-refractivity contribution < 1.29 is 9.53 Å². The third-order valence-electron chi connectivity index (χ3n) is 3.60. The van der Waals surface area contributed by atoms with Crippen LogP contribution in [0.25, 0.3) is 0 Å². The van der Waals surface area contributed by atoms with Crippen LogP contribution in [0.2, 0.25) is 0 Å². The van der Waals surface area contributed by atoms with E-state index in [0.29, 0.717) is 29.4 Å². The Balaban J connectivity index is 1.74. The number of nitrogens with zero attached hydrogens (tertiary/aromatic N) is 2. The van der Waals surface area contributed by atoms with Crippen molar-refractivity contribution in [3.63, 3.8) is 0 Å². The Morgan fingerprint density at radius 2 is 2.04 bits per heavy atom. The van der Waals surface area contributed by atoms with E-state index in [-0.39, 0.29) is 17.9 Å². The van der Waals surface area contributed by atoms with E-state index in [4.69, 9.17) is 4.74 Å². The monoisotopic (exact) mass is 347 g/mol. The van der Waals surface area contributed by atoms with Crippen LogP contribution in [0, 0.1) is 6.92 Å². The Morgan fingerprint density at radius 1 is 1.29 bits per heavy atom. The van der Waals surface area contributed by atoms with E-state index in [1.165, 1.54) is 17.3 Å². The number of aromatic nitrogens is 3. The molecule has 0 spiro atoms. The van der Waals surface area contributed by atoms with Crippen molar-refractivity contribution in [2.75, 3.05) is 12.9 Å². The maximum absolute atomic E-state index is 12.0. The molecular weight excluding hydrogens is 326 g/mol. The van der Waals surface area contributed by atoms with Crippen molar-refractivity contribution in [1.82, 2.24) is 15.0 Å². The molecule has 0 bridgehead atoms. The third-order valence-corrected chi connectivity index (χ3v) is 4.18. The number of hydrogen-bond donors (Lipinski definition) is 1. The lowest BCUT2D eigenvalue weighted by molar-refractivity contribution is -0.143. The minimum Gasteiger partial charge on any atom is -0.466 e. The molecule has 0 unspecified atom stereocenters. The van der Waals surface area contributed by atoms with E-state index < -0.39 is 0 Å². The lowest BCUT2D eigenvalue weighted by atomic mass is 10.1. The lowest BCUT2D eigenvalue weighted by Crippen LogP contribution is -2.19. The Morgan fingerprint density at radius 3 is 2.71 bits per heavy atom. The normalized spacial score (nSPS) is 10.6. The van der Waals surface area contributed by atoms with E-state index in [1.54, 1.807) is 19.3 Å². The summed E-state index contributed by atoms with van der Waals surface area (Å²) in [5, 5.41) is 0.583. The van der Waals surface area contributed by atoms with Crippen LogP contribution in [-0.4, -0.2) is 33.8 Å². The maximum Gasteiger partial charge on any atom is 0.306 e. The number of carbonyl (C=O) groups is 1. The zero-order valence-electron chi connectivity index (χ0n) is 13.9. The molecule has 24 heavy (non-hydrogen) atoms. The predicted octanol–water partition coefficient (Wildman–Crippen LogP) is 2.30. The highest BCUT2D eigenvalue weighted by atomic mass is 32.2. The van der Waals surface area contributed by atoms with Gasteiger partial charge in [0.1, 0.15) is 0 Å². The molecule has 2 aromatic rings. The number of aryl methyl sites for hydroxylation is 2. The summed E-state index contributed by atoms with van der Waals surface area (Å²) in [6, 6.07) is 3.89. The largest absolute Gasteiger partial charge is 0.466 e. The molecule has 2 aromatic heterocycles. The summed E-state index contributed by atoms with van der Waals surface area (Å²) < 4.78 is 5.22. The molecule has 0 fully saturated rings. The Labute approximate surface area is 145 Å². The first-order valence-electron chi connectivity index (χ1n) is 7.78. The number of aromatic amines is 1. The molecule has 6 nitrogen and oxygen atoms in total. The van der Waals surface area contributed by atoms with E-state index in [9.17, 15) is 9.59 Å². The van der Waals surface area contributed by atoms with Crippen LogP contribution >= 0.6 is 11.8 Å². The number of nitrogens with one attached hydrogen (secondary N) is 1. The second kappa shape index (κ2) is 9.22. The number of esters is 1. The molecule has 0 aliphatic carbocycles. The highest BCUT2D eigenvalue weighted by Gasteiger charge is 2.11. The second-order valence-electron chi connectivity index (χ2n) is 5.32. The predicted molar refractivity (Wildman–Crippen MR) is 93.2 cm³/mol. The topological polar surface area (TPSA) is 84.9 Å². The van der Waals surface area contributed by atoms with Crippen molar-refractivity contribution in [3.05, 3.63) is 51.7 Å². The number of rotatable bonds is 8. The molecular formula is C17H21N3O3S. The Bertz CT molecular complexity index is 732. The van der Waals surface area contributed by atoms with Crippen LogP contribution in [0.3, 0.4) is 0 Å². The summed E-state index contributed by atoms with van der Waals surface area (Å²) in [7, 11) is 0. The Hall–Kier alpha value is -2.15. The van der Waals surface area contributed by atoms with Crippen LogP contribution in [-0.2, 0) is 22.4 Å². The molecule has 128 valence electrons. The van der Waals surface area contributed by atoms with Crippen LogP contribution < -0.4 is 5.56 Å². The average Bonchev–Trinajstić information content (AvgIpc) is 2.58. The van der Waals surface area contributed by atoms with Gasteiger partial charge in [0, 0.05) is 30.1 Å². The molecule has 0 radical (unpaired) electrons. The van der Waals surface area contributed by atoms with Crippen molar-refractivity contribution in [1.29, 1.82) is 0 Å². The van der Waals surface area contributed by atoms with Gasteiger partial charge >= 0.3 is 5.97 Å². The Kier molecular flexibility index (Phi) is 6.99. The van der Waals surface area contributed by atoms with Crippen molar-refractivity contribution in [2.45, 2.75) is 37.8 Å². The molecule has 0 saturated heterocycles. The van der Waals surface area contributed by atoms with E-state index in [2.05, 4.69) is 15.0 Å². The zero-order chi connectivity index (χ0) is 17.4. The molecule has 0 aliphatic heterocycles. The molecule has 2 heterocycles. The summed E-state index contributed by atoms with van der Waals surface area (Å²) in [5.74, 6) is -0.294. The van der Waals surface area contributed by atoms with E-state index >= 15 is 0 Å². The van der Waals surface area contributed by atoms with Crippen molar-refractivity contribution in [2.24, 2.45) is 0 Å². The SMILES string of the molecule is CSc1nc(C)c(CCC(=O)OCCCc2ccncc2)c(=O)[nH]1. The number of thioether (sulfide) groups is 1. The van der Waals surface area contributed by atoms with Gasteiger partial charge in [0.15, 0.2) is 5.16 Å². The van der Waals surface area contributed by atoms with Crippen molar-refractivity contribution >= 4 is 17.7 Å². The number of hydrogen-bond acceptors (Lipinski definition) is 6. The fourth-order valence-electron chi connectivity index (χ4n) is 2.29. The molecule has 0 aromatic carbocycles. The first-order valence-corrected chi connectivity index (χ1v) is 9.01. The third kappa shape index (κ3) is 5.49. The van der Waals surface area contributed by atoms with Gasteiger partial charge in [-0.1, -0.05) is 11.8 Å². The average molecular weight is 347 g/mol. The summed E-state index contributed by atoms with van der Waals surface area (Å²) in [5.41, 5.74) is 2.19. The van der Waals surface area contributed by atoms with Gasteiger partial charge in [0.2, 0.25) is 0 Å². The molecule has 0 saturated carbocycles. The lowest BCUT2D eigenvalue weighted by Gasteiger charge is -2.07. The number of ether oxygens (including phenoxy) is 1. The van der Waals surface area contributed by atoms with Crippen LogP contribution in [0.15, 0.2) is 34.5 Å². The van der Waals surface area contributed by atoms with Gasteiger partial charge < -0.3 is 9.72 Å². The summed E-state index contributed by atoms with van der Waals surface area (Å²) >= 11 is 1.38. The smallest absolute Gasteiger partial charge is 0.306 e. The fraction of sp³-hybridized carbons (Fsp3) is 0.412. The maximum atomic E-state index is 12.0. The molecule has 2 rings (SSSR count). The fourth-order valence-corrected chi connectivity index (χ4v) is 2.71. The van der Waals surface area contributed by atoms with Gasteiger partial charge in [-0.2, -0.15) is 0 Å². The molecule has 0 atom stereocenters. The van der Waals surface area contributed by atoms with Gasteiger partial charge in [0.05, 0.1) is 6.61 Å². The van der Waals surface area contributed by atoms with Gasteiger partial charge in [-0.05, 0) is 50.1 Å². The number of pyridine rings is 1. The highest BCUT2D eigenvalue weighted by molar-refractivity contribution is 7.98. The van der Waals surface area contributed by atoms with E-state index in [0.717, 1.165) is 12.8 Å². The van der Waals surface area contributed by atoms with Crippen LogP contribution in [0.5, 0.6) is 0 Å². The minimum absolute atomic E-state index is 0.180. The van der Waals surface area contributed by atoms with Gasteiger partial charge in [-0.25, -0.2) is 4.98 Å². The molecule has 1 N–H and O–H groups in total. The molecule has 7 heteroatoms. The van der Waals surface area contributed by atoms with Crippen LogP contribution in [0.1, 0.15) is 29.7 Å². The standard InChI is InChI=1S/C17H21N3O3S/c1-12-14(16(22)20-17(19-12)24-2)5-6-15(21)23-11-3-4-13-7-9-18-10-8-13/h7-10H,3-6,11H2,1-2H3,(H,19,20,22). The number of H-pyrrole nitrogens is 1. The molecule has 0 aliphatic rings. The van der Waals surface area contributed by atoms with E-state index in [1.807, 2.05) is 18.4 Å². The first kappa shape index (κ1) is 18.2. The minimum atomic E-state index is -0.294. The molecule has 0 amide bonds. The summed E-state index contributed by atoms with van der Waals surface area (Å²) in [6.45, 7) is 2.16.